The van der Waals surface area contributed by atoms with Crippen molar-refractivity contribution in [2.45, 2.75) is 19.6 Å². The number of thiazole rings is 1. The molecule has 2 rings (SSSR count). The second kappa shape index (κ2) is 3.96. The van der Waals surface area contributed by atoms with Crippen molar-refractivity contribution < 1.29 is 4.74 Å². The van der Waals surface area contributed by atoms with E-state index in [9.17, 15) is 0 Å². The topological polar surface area (TPSA) is 22.1 Å². The van der Waals surface area contributed by atoms with Crippen molar-refractivity contribution in [2.24, 2.45) is 0 Å². The number of hydrogen-bond acceptors (Lipinski definition) is 2. The smallest absolute Gasteiger partial charge is 0.230 e. The van der Waals surface area contributed by atoms with Crippen molar-refractivity contribution in [3.8, 4) is 5.75 Å². The number of benzene rings is 1. The first-order valence-corrected chi connectivity index (χ1v) is 6.31. The van der Waals surface area contributed by atoms with Crippen molar-refractivity contribution in [3.63, 3.8) is 0 Å². The predicted molar refractivity (Wildman–Crippen MR) is 61.1 cm³/mol. The quantitative estimate of drug-likeness (QED) is 0.721. The normalized spacial score (nSPS) is 12.0. The average Bonchev–Trinajstić information content (AvgIpc) is 2.60. The Morgan fingerprint density at radius 1 is 1.36 bits per heavy atom. The summed E-state index contributed by atoms with van der Waals surface area (Å²) in [5.41, 5.74) is 3.14. The summed E-state index contributed by atoms with van der Waals surface area (Å²) in [5, 5.41) is 0. The highest BCUT2D eigenvalue weighted by Crippen LogP contribution is 2.31. The first-order chi connectivity index (χ1) is 6.85. The Morgan fingerprint density at radius 2 is 2.21 bits per heavy atom. The molecule has 0 radical (unpaired) electrons. The van der Waals surface area contributed by atoms with E-state index in [2.05, 4.69) is 23.5 Å². The molecular weight excluding hydrogens is 194 g/mol. The molecule has 0 saturated carbocycles. The minimum atomic E-state index is 0.231. The van der Waals surface area contributed by atoms with Crippen LogP contribution in [0.5, 0.6) is 5.75 Å². The summed E-state index contributed by atoms with van der Waals surface area (Å²) in [6, 6.07) is 6.20. The van der Waals surface area contributed by atoms with Gasteiger partial charge in [0.1, 0.15) is 17.0 Å². The van der Waals surface area contributed by atoms with Gasteiger partial charge >= 0.3 is 0 Å². The molecular formula is C11H14NOS+. The number of nitrogens with zero attached hydrogens (tertiary/aromatic N) is 1. The monoisotopic (exact) mass is 208 g/mol. The first-order valence-electron chi connectivity index (χ1n) is 4.86. The van der Waals surface area contributed by atoms with E-state index in [4.69, 9.17) is 4.74 Å². The third-order valence-electron chi connectivity index (χ3n) is 2.15. The molecule has 0 fully saturated rings. The molecule has 0 saturated heterocycles. The van der Waals surface area contributed by atoms with Crippen LogP contribution in [-0.2, 0) is 5.75 Å². The molecule has 0 spiro atoms. The summed E-state index contributed by atoms with van der Waals surface area (Å²) in [4.78, 5) is 4.40. The number of aromatic nitrogens is 1. The SMILES string of the molecule is CCOc1ccc2c(c1)nc[s+]2CC. The molecule has 0 aliphatic carbocycles. The molecule has 0 bridgehead atoms. The van der Waals surface area contributed by atoms with Crippen molar-refractivity contribution in [3.05, 3.63) is 23.7 Å². The maximum Gasteiger partial charge on any atom is 0.230 e. The second-order valence-corrected chi connectivity index (χ2v) is 5.10. The lowest BCUT2D eigenvalue weighted by atomic mass is 10.3. The Hall–Kier alpha value is -1.09. The van der Waals surface area contributed by atoms with E-state index in [1.165, 1.54) is 4.70 Å². The van der Waals surface area contributed by atoms with Crippen LogP contribution in [0.15, 0.2) is 23.7 Å². The summed E-state index contributed by atoms with van der Waals surface area (Å²) >= 11 is 0. The van der Waals surface area contributed by atoms with Crippen LogP contribution in [0.1, 0.15) is 13.8 Å². The summed E-state index contributed by atoms with van der Waals surface area (Å²) in [6.07, 6.45) is 0. The van der Waals surface area contributed by atoms with Gasteiger partial charge in [-0.2, -0.15) is 4.98 Å². The zero-order valence-electron chi connectivity index (χ0n) is 8.49. The van der Waals surface area contributed by atoms with Gasteiger partial charge < -0.3 is 4.74 Å². The van der Waals surface area contributed by atoms with Gasteiger partial charge in [-0.1, -0.05) is 0 Å². The molecule has 1 aromatic carbocycles. The number of aryl methyl sites for hydroxylation is 1. The fourth-order valence-electron chi connectivity index (χ4n) is 1.48. The lowest BCUT2D eigenvalue weighted by molar-refractivity contribution is 0.340. The van der Waals surface area contributed by atoms with Gasteiger partial charge in [0, 0.05) is 22.6 Å². The maximum absolute atomic E-state index is 5.43. The molecule has 1 aromatic heterocycles. The first kappa shape index (κ1) is 9.46. The average molecular weight is 208 g/mol. The molecule has 0 N–H and O–H groups in total. The van der Waals surface area contributed by atoms with Gasteiger partial charge in [-0.05, 0) is 19.9 Å². The predicted octanol–water partition coefficient (Wildman–Crippen LogP) is 3.40. The molecule has 14 heavy (non-hydrogen) atoms. The molecule has 1 unspecified atom stereocenters. The summed E-state index contributed by atoms with van der Waals surface area (Å²) in [6.45, 7) is 4.90. The highest BCUT2D eigenvalue weighted by atomic mass is 32.2. The molecule has 0 aliphatic heterocycles. The van der Waals surface area contributed by atoms with E-state index in [1.807, 2.05) is 19.1 Å². The van der Waals surface area contributed by atoms with Crippen LogP contribution in [-0.4, -0.2) is 11.6 Å². The van der Waals surface area contributed by atoms with Gasteiger partial charge in [0.15, 0.2) is 0 Å². The lowest BCUT2D eigenvalue weighted by Crippen LogP contribution is -1.90. The van der Waals surface area contributed by atoms with Crippen LogP contribution < -0.4 is 4.74 Å². The van der Waals surface area contributed by atoms with Gasteiger partial charge in [0.05, 0.1) is 6.61 Å². The van der Waals surface area contributed by atoms with Crippen molar-refractivity contribution in [1.29, 1.82) is 0 Å². The largest absolute Gasteiger partial charge is 0.494 e. The van der Waals surface area contributed by atoms with Crippen molar-refractivity contribution in [1.82, 2.24) is 4.98 Å². The van der Waals surface area contributed by atoms with Gasteiger partial charge in [-0.3, -0.25) is 0 Å². The minimum Gasteiger partial charge on any atom is -0.494 e. The number of ether oxygens (including phenoxy) is 1. The van der Waals surface area contributed by atoms with Gasteiger partial charge in [0.2, 0.25) is 10.2 Å². The van der Waals surface area contributed by atoms with Crippen LogP contribution in [0, 0.1) is 0 Å². The molecule has 1 atom stereocenters. The van der Waals surface area contributed by atoms with Crippen LogP contribution in [0.4, 0.5) is 0 Å². The molecule has 0 aliphatic rings. The standard InChI is InChI=1S/C11H14NOS/c1-3-13-9-5-6-11-10(7-9)12-8-14(11)4-2/h5-8H,3-4H2,1-2H3/q+1. The molecule has 2 nitrogen and oxygen atoms in total. The van der Waals surface area contributed by atoms with Gasteiger partial charge in [-0.15, -0.1) is 0 Å². The molecule has 3 heteroatoms. The Balaban J connectivity index is 2.46. The van der Waals surface area contributed by atoms with Crippen molar-refractivity contribution in [2.75, 3.05) is 6.61 Å². The Kier molecular flexibility index (Phi) is 2.68. The fourth-order valence-corrected chi connectivity index (χ4v) is 2.92. The summed E-state index contributed by atoms with van der Waals surface area (Å²) in [5.74, 6) is 2.06. The maximum atomic E-state index is 5.43. The Labute approximate surface area is 86.5 Å². The lowest BCUT2D eigenvalue weighted by Gasteiger charge is -2.00. The second-order valence-electron chi connectivity index (χ2n) is 3.01. The van der Waals surface area contributed by atoms with E-state index in [-0.39, 0.29) is 10.5 Å². The molecule has 1 heterocycles. The van der Waals surface area contributed by atoms with E-state index < -0.39 is 0 Å². The number of hydrogen-bond donors (Lipinski definition) is 0. The van der Waals surface area contributed by atoms with Gasteiger partial charge in [0.25, 0.3) is 0 Å². The fraction of sp³-hybridized carbons (Fsp3) is 0.364. The number of fused-ring (bicyclic) bond motifs is 1. The Morgan fingerprint density at radius 3 is 2.93 bits per heavy atom. The van der Waals surface area contributed by atoms with Crippen LogP contribution in [0.2, 0.25) is 0 Å². The Bertz CT molecular complexity index is 436. The highest BCUT2D eigenvalue weighted by molar-refractivity contribution is 7.34. The van der Waals surface area contributed by atoms with E-state index >= 15 is 0 Å². The zero-order valence-corrected chi connectivity index (χ0v) is 9.30. The summed E-state index contributed by atoms with van der Waals surface area (Å²) < 4.78 is 6.79. The third kappa shape index (κ3) is 1.60. The third-order valence-corrected chi connectivity index (χ3v) is 4.05. The van der Waals surface area contributed by atoms with E-state index in [0.29, 0.717) is 6.61 Å². The van der Waals surface area contributed by atoms with Gasteiger partial charge in [-0.25, -0.2) is 0 Å². The summed E-state index contributed by atoms with van der Waals surface area (Å²) in [7, 11) is 0.231. The van der Waals surface area contributed by atoms with Crippen LogP contribution in [0.25, 0.3) is 10.2 Å². The van der Waals surface area contributed by atoms with E-state index in [1.54, 1.807) is 0 Å². The molecule has 0 amide bonds. The molecule has 74 valence electrons. The van der Waals surface area contributed by atoms with E-state index in [0.717, 1.165) is 17.0 Å². The minimum absolute atomic E-state index is 0.231. The highest BCUT2D eigenvalue weighted by Gasteiger charge is 2.11. The number of rotatable bonds is 3. The van der Waals surface area contributed by atoms with Crippen LogP contribution >= 0.6 is 10.5 Å². The zero-order chi connectivity index (χ0) is 9.97. The molecule has 2 aromatic rings. The van der Waals surface area contributed by atoms with Crippen LogP contribution in [0.3, 0.4) is 0 Å². The van der Waals surface area contributed by atoms with Crippen molar-refractivity contribution >= 4 is 20.7 Å².